The first-order valence-corrected chi connectivity index (χ1v) is 5.76. The average molecular weight is 183 g/mol. The van der Waals surface area contributed by atoms with Gasteiger partial charge < -0.3 is 0 Å². The van der Waals surface area contributed by atoms with Crippen LogP contribution in [0.2, 0.25) is 0 Å². The van der Waals surface area contributed by atoms with E-state index >= 15 is 0 Å². The van der Waals surface area contributed by atoms with Gasteiger partial charge in [0.2, 0.25) is 0 Å². The molecule has 0 aliphatic heterocycles. The van der Waals surface area contributed by atoms with Crippen LogP contribution in [0.5, 0.6) is 0 Å². The summed E-state index contributed by atoms with van der Waals surface area (Å²) in [7, 11) is 0. The molecule has 0 aromatic heterocycles. The molecule has 0 aromatic rings. The van der Waals surface area contributed by atoms with Gasteiger partial charge in [-0.25, -0.2) is 0 Å². The first-order valence-electron chi connectivity index (χ1n) is 5.76. The van der Waals surface area contributed by atoms with Gasteiger partial charge >= 0.3 is 0 Å². The van der Waals surface area contributed by atoms with Crippen molar-refractivity contribution in [3.05, 3.63) is 6.92 Å². The van der Waals surface area contributed by atoms with Crippen LogP contribution in [0.25, 0.3) is 0 Å². The molecular formula is C13H27. The van der Waals surface area contributed by atoms with Crippen LogP contribution in [-0.2, 0) is 0 Å². The lowest BCUT2D eigenvalue weighted by atomic mass is 9.69. The molecule has 0 spiro atoms. The second-order valence-corrected chi connectivity index (χ2v) is 5.19. The Kier molecular flexibility index (Phi) is 5.67. The lowest BCUT2D eigenvalue weighted by molar-refractivity contribution is 0.140. The monoisotopic (exact) mass is 183 g/mol. The van der Waals surface area contributed by atoms with E-state index in [2.05, 4.69) is 41.5 Å². The third-order valence-electron chi connectivity index (χ3n) is 3.22. The minimum atomic E-state index is 0.463. The molecule has 2 atom stereocenters. The molecule has 0 N–H and O–H groups in total. The Balaban J connectivity index is 4.34. The molecule has 0 nitrogen and oxygen atoms in total. The first-order chi connectivity index (χ1) is 5.97. The number of rotatable bonds is 5. The van der Waals surface area contributed by atoms with Crippen LogP contribution in [0.3, 0.4) is 0 Å². The third-order valence-corrected chi connectivity index (χ3v) is 3.22. The van der Waals surface area contributed by atoms with Crippen molar-refractivity contribution < 1.29 is 0 Å². The van der Waals surface area contributed by atoms with Crippen molar-refractivity contribution in [1.82, 2.24) is 0 Å². The second kappa shape index (κ2) is 5.67. The maximum Gasteiger partial charge on any atom is -0.0340 e. The van der Waals surface area contributed by atoms with Gasteiger partial charge in [0, 0.05) is 0 Å². The Bertz CT molecular complexity index is 118. The summed E-state index contributed by atoms with van der Waals surface area (Å²) in [5.41, 5.74) is 0.463. The molecule has 0 heteroatoms. The molecule has 0 aromatic carbocycles. The molecule has 0 bridgehead atoms. The van der Waals surface area contributed by atoms with Crippen molar-refractivity contribution >= 4 is 0 Å². The molecule has 0 aliphatic rings. The van der Waals surface area contributed by atoms with E-state index < -0.39 is 0 Å². The highest BCUT2D eigenvalue weighted by Crippen LogP contribution is 2.38. The molecule has 1 radical (unpaired) electrons. The van der Waals surface area contributed by atoms with Gasteiger partial charge in [-0.2, -0.15) is 0 Å². The van der Waals surface area contributed by atoms with Crippen LogP contribution in [0.4, 0.5) is 0 Å². The molecular weight excluding hydrogens is 156 g/mol. The Morgan fingerprint density at radius 1 is 1.08 bits per heavy atom. The van der Waals surface area contributed by atoms with Crippen LogP contribution >= 0.6 is 0 Å². The summed E-state index contributed by atoms with van der Waals surface area (Å²) in [6.07, 6.45) is 5.00. The molecule has 0 heterocycles. The fraction of sp³-hybridized carbons (Fsp3) is 0.923. The standard InChI is InChI=1S/C13H27/c1-7-10-11(8-2)12(9-3)13(4,5)6/h11-12H,1,7-10H2,2-6H3. The van der Waals surface area contributed by atoms with Gasteiger partial charge in [0.15, 0.2) is 0 Å². The van der Waals surface area contributed by atoms with Gasteiger partial charge in [0.05, 0.1) is 0 Å². The molecule has 0 saturated heterocycles. The van der Waals surface area contributed by atoms with E-state index in [9.17, 15) is 0 Å². The SMILES string of the molecule is [CH2]CCC(CC)C(CC)C(C)(C)C. The summed E-state index contributed by atoms with van der Waals surface area (Å²) in [5.74, 6) is 1.74. The highest BCUT2D eigenvalue weighted by molar-refractivity contribution is 4.79. The largest absolute Gasteiger partial charge is 0.0651 e. The van der Waals surface area contributed by atoms with Crippen molar-refractivity contribution in [3.8, 4) is 0 Å². The van der Waals surface area contributed by atoms with Crippen LogP contribution in [0, 0.1) is 24.2 Å². The molecule has 0 aliphatic carbocycles. The van der Waals surface area contributed by atoms with E-state index in [0.29, 0.717) is 5.41 Å². The average Bonchev–Trinajstić information content (AvgIpc) is 2.01. The Morgan fingerprint density at radius 3 is 1.85 bits per heavy atom. The van der Waals surface area contributed by atoms with Gasteiger partial charge in [-0.15, -0.1) is 0 Å². The lowest BCUT2D eigenvalue weighted by Crippen LogP contribution is -2.27. The van der Waals surface area contributed by atoms with E-state index in [1.807, 2.05) is 0 Å². The number of hydrogen-bond donors (Lipinski definition) is 0. The molecule has 0 fully saturated rings. The molecule has 13 heavy (non-hydrogen) atoms. The fourth-order valence-corrected chi connectivity index (χ4v) is 2.60. The highest BCUT2D eigenvalue weighted by Gasteiger charge is 2.28. The Labute approximate surface area is 85.1 Å². The summed E-state index contributed by atoms with van der Waals surface area (Å²) in [6, 6.07) is 0. The molecule has 79 valence electrons. The van der Waals surface area contributed by atoms with E-state index in [-0.39, 0.29) is 0 Å². The highest BCUT2D eigenvalue weighted by atomic mass is 14.3. The van der Waals surface area contributed by atoms with Crippen molar-refractivity contribution in [2.75, 3.05) is 0 Å². The van der Waals surface area contributed by atoms with Gasteiger partial charge in [-0.1, -0.05) is 67.2 Å². The summed E-state index contributed by atoms with van der Waals surface area (Å²) >= 11 is 0. The lowest BCUT2D eigenvalue weighted by Gasteiger charge is -2.36. The topological polar surface area (TPSA) is 0 Å². The predicted molar refractivity (Wildman–Crippen MR) is 61.6 cm³/mol. The van der Waals surface area contributed by atoms with Crippen LogP contribution < -0.4 is 0 Å². The minimum absolute atomic E-state index is 0.463. The predicted octanol–water partition coefficient (Wildman–Crippen LogP) is 4.70. The third kappa shape index (κ3) is 4.15. The zero-order valence-electron chi connectivity index (χ0n) is 10.2. The smallest absolute Gasteiger partial charge is 0.0340 e. The maximum atomic E-state index is 3.97. The van der Waals surface area contributed by atoms with Crippen LogP contribution in [0.1, 0.15) is 60.3 Å². The van der Waals surface area contributed by atoms with E-state index in [1.54, 1.807) is 0 Å². The van der Waals surface area contributed by atoms with Gasteiger partial charge in [-0.05, 0) is 17.3 Å². The van der Waals surface area contributed by atoms with Crippen LogP contribution in [-0.4, -0.2) is 0 Å². The summed E-state index contributed by atoms with van der Waals surface area (Å²) < 4.78 is 0. The van der Waals surface area contributed by atoms with Crippen molar-refractivity contribution in [3.63, 3.8) is 0 Å². The minimum Gasteiger partial charge on any atom is -0.0651 e. The van der Waals surface area contributed by atoms with E-state index in [1.165, 1.54) is 19.3 Å². The zero-order valence-corrected chi connectivity index (χ0v) is 10.2. The maximum absolute atomic E-state index is 3.97. The van der Waals surface area contributed by atoms with Crippen molar-refractivity contribution in [2.45, 2.75) is 60.3 Å². The normalized spacial score (nSPS) is 17.1. The summed E-state index contributed by atoms with van der Waals surface area (Å²) in [6.45, 7) is 15.7. The Hall–Kier alpha value is 0. The molecule has 2 unspecified atom stereocenters. The van der Waals surface area contributed by atoms with Gasteiger partial charge in [0.1, 0.15) is 0 Å². The first kappa shape index (κ1) is 13.0. The zero-order chi connectivity index (χ0) is 10.5. The summed E-state index contributed by atoms with van der Waals surface area (Å²) in [5, 5.41) is 0. The molecule has 0 amide bonds. The van der Waals surface area contributed by atoms with Gasteiger partial charge in [0.25, 0.3) is 0 Å². The van der Waals surface area contributed by atoms with Crippen LogP contribution in [0.15, 0.2) is 0 Å². The van der Waals surface area contributed by atoms with E-state index in [4.69, 9.17) is 0 Å². The quantitative estimate of drug-likeness (QED) is 0.579. The number of hydrogen-bond acceptors (Lipinski definition) is 0. The second-order valence-electron chi connectivity index (χ2n) is 5.19. The molecule has 0 rings (SSSR count). The van der Waals surface area contributed by atoms with E-state index in [0.717, 1.165) is 18.3 Å². The van der Waals surface area contributed by atoms with Crippen molar-refractivity contribution in [1.29, 1.82) is 0 Å². The Morgan fingerprint density at radius 2 is 1.62 bits per heavy atom. The van der Waals surface area contributed by atoms with Crippen molar-refractivity contribution in [2.24, 2.45) is 17.3 Å². The molecule has 0 saturated carbocycles. The van der Waals surface area contributed by atoms with Gasteiger partial charge in [-0.3, -0.25) is 0 Å². The fourth-order valence-electron chi connectivity index (χ4n) is 2.60. The summed E-state index contributed by atoms with van der Waals surface area (Å²) in [4.78, 5) is 0.